The van der Waals surface area contributed by atoms with Crippen molar-refractivity contribution < 1.29 is 9.63 Å². The zero-order valence-corrected chi connectivity index (χ0v) is 7.32. The van der Waals surface area contributed by atoms with Gasteiger partial charge in [-0.3, -0.25) is 4.90 Å². The van der Waals surface area contributed by atoms with Gasteiger partial charge in [0.05, 0.1) is 13.2 Å². The lowest BCUT2D eigenvalue weighted by Gasteiger charge is -2.11. The van der Waals surface area contributed by atoms with Crippen LogP contribution in [0, 0.1) is 6.92 Å². The monoisotopic (exact) mass is 171 g/mol. The summed E-state index contributed by atoms with van der Waals surface area (Å²) < 4.78 is 4.79. The highest BCUT2D eigenvalue weighted by atomic mass is 16.5. The summed E-state index contributed by atoms with van der Waals surface area (Å²) in [6.07, 6.45) is 0. The molecule has 0 aromatic carbocycles. The third-order valence-corrected chi connectivity index (χ3v) is 1.46. The number of nitrogens with zero attached hydrogens (tertiary/aromatic N) is 3. The maximum Gasteiger partial charge on any atom is 0.223 e. The molecule has 1 heterocycles. The van der Waals surface area contributed by atoms with Gasteiger partial charge in [-0.1, -0.05) is 5.16 Å². The van der Waals surface area contributed by atoms with Crippen LogP contribution in [0.1, 0.15) is 11.7 Å². The minimum atomic E-state index is 0.146. The van der Waals surface area contributed by atoms with E-state index in [4.69, 9.17) is 9.63 Å². The Labute approximate surface area is 71.0 Å². The van der Waals surface area contributed by atoms with E-state index in [1.54, 1.807) is 6.92 Å². The normalized spacial score (nSPS) is 11.0. The van der Waals surface area contributed by atoms with E-state index in [1.807, 2.05) is 11.9 Å². The summed E-state index contributed by atoms with van der Waals surface area (Å²) in [4.78, 5) is 5.95. The Morgan fingerprint density at radius 1 is 1.58 bits per heavy atom. The van der Waals surface area contributed by atoms with Crippen LogP contribution < -0.4 is 0 Å². The summed E-state index contributed by atoms with van der Waals surface area (Å²) in [5, 5.41) is 12.3. The first-order valence-corrected chi connectivity index (χ1v) is 3.81. The molecule has 0 aliphatic rings. The molecule has 0 bridgehead atoms. The molecule has 0 aliphatic heterocycles. The fourth-order valence-electron chi connectivity index (χ4n) is 0.897. The van der Waals surface area contributed by atoms with E-state index in [9.17, 15) is 0 Å². The highest BCUT2D eigenvalue weighted by molar-refractivity contribution is 4.83. The summed E-state index contributed by atoms with van der Waals surface area (Å²) in [5.74, 6) is 1.23. The Hall–Kier alpha value is -0.940. The van der Waals surface area contributed by atoms with Crippen LogP contribution in [-0.4, -0.2) is 40.3 Å². The molecule has 0 spiro atoms. The maximum absolute atomic E-state index is 8.61. The first kappa shape index (κ1) is 9.15. The van der Waals surface area contributed by atoms with Crippen LogP contribution >= 0.6 is 0 Å². The van der Waals surface area contributed by atoms with E-state index in [0.717, 1.165) is 0 Å². The van der Waals surface area contributed by atoms with Gasteiger partial charge in [-0.05, 0) is 7.05 Å². The zero-order chi connectivity index (χ0) is 8.97. The third kappa shape index (κ3) is 2.60. The van der Waals surface area contributed by atoms with Gasteiger partial charge < -0.3 is 9.63 Å². The average Bonchev–Trinajstić information content (AvgIpc) is 2.36. The lowest BCUT2D eigenvalue weighted by molar-refractivity contribution is 0.213. The molecule has 0 aliphatic carbocycles. The second-order valence-corrected chi connectivity index (χ2v) is 2.69. The molecule has 0 saturated heterocycles. The van der Waals surface area contributed by atoms with Crippen LogP contribution in [0.15, 0.2) is 4.52 Å². The van der Waals surface area contributed by atoms with Gasteiger partial charge >= 0.3 is 0 Å². The number of hydrogen-bond acceptors (Lipinski definition) is 5. The van der Waals surface area contributed by atoms with E-state index in [2.05, 4.69) is 10.1 Å². The smallest absolute Gasteiger partial charge is 0.223 e. The van der Waals surface area contributed by atoms with Crippen LogP contribution in [0.3, 0.4) is 0 Å². The van der Waals surface area contributed by atoms with Gasteiger partial charge in [-0.25, -0.2) is 0 Å². The van der Waals surface area contributed by atoms with Crippen molar-refractivity contribution in [3.05, 3.63) is 11.7 Å². The Balaban J connectivity index is 2.41. The Morgan fingerprint density at radius 3 is 2.83 bits per heavy atom. The number of hydrogen-bond donors (Lipinski definition) is 1. The summed E-state index contributed by atoms with van der Waals surface area (Å²) >= 11 is 0. The molecule has 5 nitrogen and oxygen atoms in total. The van der Waals surface area contributed by atoms with Crippen molar-refractivity contribution in [1.82, 2.24) is 15.0 Å². The van der Waals surface area contributed by atoms with E-state index in [0.29, 0.717) is 24.8 Å². The van der Waals surface area contributed by atoms with Crippen LogP contribution in [-0.2, 0) is 6.54 Å². The van der Waals surface area contributed by atoms with Crippen LogP contribution in [0.2, 0.25) is 0 Å². The van der Waals surface area contributed by atoms with Gasteiger partial charge in [0.15, 0.2) is 5.82 Å². The molecule has 12 heavy (non-hydrogen) atoms. The predicted octanol–water partition coefficient (Wildman–Crippen LogP) is -0.198. The van der Waals surface area contributed by atoms with Gasteiger partial charge in [0.2, 0.25) is 5.89 Å². The topological polar surface area (TPSA) is 62.4 Å². The zero-order valence-electron chi connectivity index (χ0n) is 7.32. The first-order chi connectivity index (χ1) is 5.72. The molecule has 0 atom stereocenters. The second-order valence-electron chi connectivity index (χ2n) is 2.69. The van der Waals surface area contributed by atoms with Crippen LogP contribution in [0.25, 0.3) is 0 Å². The lowest BCUT2D eigenvalue weighted by atomic mass is 10.5. The Morgan fingerprint density at radius 2 is 2.33 bits per heavy atom. The van der Waals surface area contributed by atoms with E-state index in [1.165, 1.54) is 0 Å². The van der Waals surface area contributed by atoms with Crippen molar-refractivity contribution in [2.75, 3.05) is 20.2 Å². The van der Waals surface area contributed by atoms with Gasteiger partial charge in [-0.2, -0.15) is 4.98 Å². The Kier molecular flexibility index (Phi) is 3.19. The standard InChI is InChI=1S/C7H13N3O2/c1-6-8-7(9-12-6)5-10(2)3-4-11/h11H,3-5H2,1-2H3. The van der Waals surface area contributed by atoms with Crippen molar-refractivity contribution >= 4 is 0 Å². The van der Waals surface area contributed by atoms with Crippen molar-refractivity contribution in [1.29, 1.82) is 0 Å². The van der Waals surface area contributed by atoms with Crippen LogP contribution in [0.5, 0.6) is 0 Å². The SMILES string of the molecule is Cc1nc(CN(C)CCO)no1. The lowest BCUT2D eigenvalue weighted by Crippen LogP contribution is -2.22. The van der Waals surface area contributed by atoms with Gasteiger partial charge in [0.1, 0.15) is 0 Å². The predicted molar refractivity (Wildman–Crippen MR) is 42.5 cm³/mol. The van der Waals surface area contributed by atoms with Crippen molar-refractivity contribution in [2.24, 2.45) is 0 Å². The summed E-state index contributed by atoms with van der Waals surface area (Å²) in [5.41, 5.74) is 0. The maximum atomic E-state index is 8.61. The molecule has 0 radical (unpaired) electrons. The van der Waals surface area contributed by atoms with Crippen molar-refractivity contribution in [3.8, 4) is 0 Å². The fraction of sp³-hybridized carbons (Fsp3) is 0.714. The Bertz CT molecular complexity index is 236. The molecule has 0 unspecified atom stereocenters. The number of aliphatic hydroxyl groups is 1. The average molecular weight is 171 g/mol. The summed E-state index contributed by atoms with van der Waals surface area (Å²) in [6, 6.07) is 0. The number of aliphatic hydroxyl groups excluding tert-OH is 1. The van der Waals surface area contributed by atoms with Gasteiger partial charge in [0, 0.05) is 13.5 Å². The molecule has 68 valence electrons. The highest BCUT2D eigenvalue weighted by Crippen LogP contribution is 1.97. The van der Waals surface area contributed by atoms with Crippen molar-refractivity contribution in [3.63, 3.8) is 0 Å². The molecular weight excluding hydrogens is 158 g/mol. The van der Waals surface area contributed by atoms with Crippen molar-refractivity contribution in [2.45, 2.75) is 13.5 Å². The van der Waals surface area contributed by atoms with E-state index < -0.39 is 0 Å². The molecule has 5 heteroatoms. The molecule has 1 aromatic heterocycles. The molecule has 1 aromatic rings. The number of likely N-dealkylation sites (N-methyl/N-ethyl adjacent to an activating group) is 1. The minimum absolute atomic E-state index is 0.146. The molecule has 0 saturated carbocycles. The van der Waals surface area contributed by atoms with Gasteiger partial charge in [0.25, 0.3) is 0 Å². The van der Waals surface area contributed by atoms with Crippen LogP contribution in [0.4, 0.5) is 0 Å². The fourth-order valence-corrected chi connectivity index (χ4v) is 0.897. The number of rotatable bonds is 4. The molecular formula is C7H13N3O2. The van der Waals surface area contributed by atoms with E-state index in [-0.39, 0.29) is 6.61 Å². The van der Waals surface area contributed by atoms with E-state index >= 15 is 0 Å². The quantitative estimate of drug-likeness (QED) is 0.679. The molecule has 1 N–H and O–H groups in total. The molecule has 1 rings (SSSR count). The number of aryl methyl sites for hydroxylation is 1. The first-order valence-electron chi connectivity index (χ1n) is 3.81. The third-order valence-electron chi connectivity index (χ3n) is 1.46. The molecule has 0 fully saturated rings. The van der Waals surface area contributed by atoms with Gasteiger partial charge in [-0.15, -0.1) is 0 Å². The summed E-state index contributed by atoms with van der Waals surface area (Å²) in [7, 11) is 1.89. The minimum Gasteiger partial charge on any atom is -0.395 e. The second kappa shape index (κ2) is 4.18. The highest BCUT2D eigenvalue weighted by Gasteiger charge is 2.04. The molecule has 0 amide bonds. The largest absolute Gasteiger partial charge is 0.395 e. The summed E-state index contributed by atoms with van der Waals surface area (Å²) in [6.45, 7) is 3.13. The number of aromatic nitrogens is 2.